The third-order valence-corrected chi connectivity index (χ3v) is 3.91. The van der Waals surface area contributed by atoms with Gasteiger partial charge >= 0.3 is 0 Å². The molecule has 0 saturated heterocycles. The van der Waals surface area contributed by atoms with E-state index in [1.807, 2.05) is 0 Å². The van der Waals surface area contributed by atoms with Crippen molar-refractivity contribution in [1.29, 1.82) is 0 Å². The molecule has 2 nitrogen and oxygen atoms in total. The van der Waals surface area contributed by atoms with Crippen LogP contribution in [-0.2, 0) is 6.54 Å². The Bertz CT molecular complexity index is 451. The number of nitrogens with one attached hydrogen (secondary N) is 1. The number of aryl methyl sites for hydroxylation is 3. The minimum absolute atomic E-state index is 0.261. The fourth-order valence-electron chi connectivity index (χ4n) is 2.51. The molecule has 0 aromatic heterocycles. The number of hydrogen-bond acceptors (Lipinski definition) is 2. The molecule has 0 fully saturated rings. The lowest BCUT2D eigenvalue weighted by atomic mass is 10.0. The summed E-state index contributed by atoms with van der Waals surface area (Å²) in [5.41, 5.74) is 5.44. The highest BCUT2D eigenvalue weighted by molar-refractivity contribution is 5.36. The molecule has 0 radical (unpaired) electrons. The molecule has 1 aromatic carbocycles. The van der Waals surface area contributed by atoms with Crippen molar-refractivity contribution in [3.63, 3.8) is 0 Å². The van der Waals surface area contributed by atoms with E-state index in [1.165, 1.54) is 22.3 Å². The zero-order valence-electron chi connectivity index (χ0n) is 11.5. The topological polar surface area (TPSA) is 32.3 Å². The largest absolute Gasteiger partial charge is 0.396 e. The van der Waals surface area contributed by atoms with Crippen molar-refractivity contribution in [3.05, 3.63) is 46.5 Å². The third kappa shape index (κ3) is 3.01. The molecule has 0 aliphatic heterocycles. The fourth-order valence-corrected chi connectivity index (χ4v) is 2.51. The maximum absolute atomic E-state index is 9.10. The summed E-state index contributed by atoms with van der Waals surface area (Å²) < 4.78 is 0. The number of aliphatic hydroxyl groups excluding tert-OH is 1. The van der Waals surface area contributed by atoms with E-state index in [0.717, 1.165) is 13.0 Å². The number of hydrogen-bond donors (Lipinski definition) is 2. The highest BCUT2D eigenvalue weighted by Crippen LogP contribution is 2.19. The average molecular weight is 245 g/mol. The SMILES string of the molecule is Cc1cc(C)c(CN[C@@H]2C=C[C@H](CO)C2)cc1C. The molecule has 1 aliphatic rings. The van der Waals surface area contributed by atoms with Crippen molar-refractivity contribution in [2.75, 3.05) is 6.61 Å². The van der Waals surface area contributed by atoms with Gasteiger partial charge in [0.2, 0.25) is 0 Å². The standard InChI is InChI=1S/C16H23NO/c1-11-6-13(3)15(7-12(11)2)9-17-16-5-4-14(8-16)10-18/h4-7,14,16-18H,8-10H2,1-3H3/t14-,16+/m0/s1. The molecule has 0 spiro atoms. The lowest BCUT2D eigenvalue weighted by molar-refractivity contribution is 0.246. The van der Waals surface area contributed by atoms with Crippen LogP contribution in [0, 0.1) is 26.7 Å². The molecule has 2 rings (SSSR count). The van der Waals surface area contributed by atoms with E-state index in [0.29, 0.717) is 12.0 Å². The molecule has 18 heavy (non-hydrogen) atoms. The Morgan fingerprint density at radius 1 is 1.11 bits per heavy atom. The molecule has 2 N–H and O–H groups in total. The molecule has 98 valence electrons. The summed E-state index contributed by atoms with van der Waals surface area (Å²) in [5.74, 6) is 0.336. The van der Waals surface area contributed by atoms with Gasteiger partial charge in [0.05, 0.1) is 0 Å². The van der Waals surface area contributed by atoms with Crippen LogP contribution in [0.4, 0.5) is 0 Å². The van der Waals surface area contributed by atoms with Gasteiger partial charge in [-0.3, -0.25) is 0 Å². The molecule has 2 atom stereocenters. The minimum Gasteiger partial charge on any atom is -0.396 e. The summed E-state index contributed by atoms with van der Waals surface area (Å²) in [6.45, 7) is 7.66. The Morgan fingerprint density at radius 2 is 1.83 bits per heavy atom. The smallest absolute Gasteiger partial charge is 0.0494 e. The Morgan fingerprint density at radius 3 is 2.50 bits per heavy atom. The van der Waals surface area contributed by atoms with Crippen LogP contribution in [0.2, 0.25) is 0 Å². The maximum Gasteiger partial charge on any atom is 0.0494 e. The first kappa shape index (κ1) is 13.3. The van der Waals surface area contributed by atoms with Crippen LogP contribution in [0.1, 0.15) is 28.7 Å². The van der Waals surface area contributed by atoms with Crippen molar-refractivity contribution in [2.45, 2.75) is 39.8 Å². The van der Waals surface area contributed by atoms with Gasteiger partial charge in [-0.15, -0.1) is 0 Å². The van der Waals surface area contributed by atoms with Gasteiger partial charge in [-0.05, 0) is 49.4 Å². The van der Waals surface area contributed by atoms with Gasteiger partial charge in [0, 0.05) is 25.1 Å². The number of rotatable bonds is 4. The summed E-state index contributed by atoms with van der Waals surface area (Å²) in [6.07, 6.45) is 5.31. The van der Waals surface area contributed by atoms with Crippen molar-refractivity contribution in [1.82, 2.24) is 5.32 Å². The summed E-state index contributed by atoms with van der Waals surface area (Å²) in [4.78, 5) is 0. The second kappa shape index (κ2) is 5.68. The van der Waals surface area contributed by atoms with E-state index < -0.39 is 0 Å². The lowest BCUT2D eigenvalue weighted by Gasteiger charge is -2.15. The first-order valence-corrected chi connectivity index (χ1v) is 6.69. The molecular formula is C16H23NO. The monoisotopic (exact) mass is 245 g/mol. The number of benzene rings is 1. The second-order valence-corrected chi connectivity index (χ2v) is 5.41. The summed E-state index contributed by atoms with van der Waals surface area (Å²) in [7, 11) is 0. The Kier molecular flexibility index (Phi) is 4.20. The van der Waals surface area contributed by atoms with Crippen molar-refractivity contribution in [3.8, 4) is 0 Å². The minimum atomic E-state index is 0.261. The molecule has 0 bridgehead atoms. The van der Waals surface area contributed by atoms with Gasteiger partial charge in [0.1, 0.15) is 0 Å². The van der Waals surface area contributed by atoms with Crippen LogP contribution in [0.3, 0.4) is 0 Å². The summed E-state index contributed by atoms with van der Waals surface area (Å²) in [6, 6.07) is 4.94. The van der Waals surface area contributed by atoms with Crippen molar-refractivity contribution in [2.24, 2.45) is 5.92 Å². The van der Waals surface area contributed by atoms with Crippen molar-refractivity contribution < 1.29 is 5.11 Å². The van der Waals surface area contributed by atoms with E-state index in [-0.39, 0.29) is 6.61 Å². The van der Waals surface area contributed by atoms with E-state index in [9.17, 15) is 0 Å². The van der Waals surface area contributed by atoms with Crippen LogP contribution in [0.5, 0.6) is 0 Å². The molecule has 0 unspecified atom stereocenters. The molecule has 0 heterocycles. The molecular weight excluding hydrogens is 222 g/mol. The van der Waals surface area contributed by atoms with E-state index in [4.69, 9.17) is 5.11 Å². The Hall–Kier alpha value is -1.12. The fraction of sp³-hybridized carbons (Fsp3) is 0.500. The maximum atomic E-state index is 9.10. The molecule has 1 aromatic rings. The Labute approximate surface area is 110 Å². The normalized spacial score (nSPS) is 22.7. The van der Waals surface area contributed by atoms with Crippen LogP contribution < -0.4 is 5.32 Å². The Balaban J connectivity index is 1.95. The average Bonchev–Trinajstić information content (AvgIpc) is 2.80. The quantitative estimate of drug-likeness (QED) is 0.799. The highest BCUT2D eigenvalue weighted by Gasteiger charge is 2.17. The van der Waals surface area contributed by atoms with Gasteiger partial charge in [-0.2, -0.15) is 0 Å². The predicted molar refractivity (Wildman–Crippen MR) is 75.6 cm³/mol. The van der Waals surface area contributed by atoms with E-state index >= 15 is 0 Å². The summed E-state index contributed by atoms with van der Waals surface area (Å²) >= 11 is 0. The highest BCUT2D eigenvalue weighted by atomic mass is 16.3. The zero-order chi connectivity index (χ0) is 13.1. The van der Waals surface area contributed by atoms with Crippen LogP contribution in [-0.4, -0.2) is 17.8 Å². The van der Waals surface area contributed by atoms with Gasteiger partial charge in [-0.25, -0.2) is 0 Å². The van der Waals surface area contributed by atoms with Crippen LogP contribution in [0.25, 0.3) is 0 Å². The predicted octanol–water partition coefficient (Wildman–Crippen LogP) is 2.64. The molecule has 0 saturated carbocycles. The van der Waals surface area contributed by atoms with E-state index in [1.54, 1.807) is 0 Å². The van der Waals surface area contributed by atoms with E-state index in [2.05, 4.69) is 50.4 Å². The second-order valence-electron chi connectivity index (χ2n) is 5.41. The first-order valence-electron chi connectivity index (χ1n) is 6.69. The van der Waals surface area contributed by atoms with Crippen LogP contribution >= 0.6 is 0 Å². The van der Waals surface area contributed by atoms with Gasteiger partial charge < -0.3 is 10.4 Å². The van der Waals surface area contributed by atoms with Crippen LogP contribution in [0.15, 0.2) is 24.3 Å². The van der Waals surface area contributed by atoms with Crippen molar-refractivity contribution >= 4 is 0 Å². The molecule has 2 heteroatoms. The number of aliphatic hydroxyl groups is 1. The van der Waals surface area contributed by atoms with Gasteiger partial charge in [0.25, 0.3) is 0 Å². The third-order valence-electron chi connectivity index (χ3n) is 3.91. The molecule has 0 amide bonds. The van der Waals surface area contributed by atoms with Gasteiger partial charge in [0.15, 0.2) is 0 Å². The first-order chi connectivity index (χ1) is 8.60. The summed E-state index contributed by atoms with van der Waals surface area (Å²) in [5, 5.41) is 12.7. The lowest BCUT2D eigenvalue weighted by Crippen LogP contribution is -2.26. The molecule has 1 aliphatic carbocycles. The zero-order valence-corrected chi connectivity index (χ0v) is 11.5. The van der Waals surface area contributed by atoms with Gasteiger partial charge in [-0.1, -0.05) is 24.3 Å².